The molecule has 4 rings (SSSR count). The summed E-state index contributed by atoms with van der Waals surface area (Å²) in [6.45, 7) is 2.04. The number of ether oxygens (including phenoxy) is 1. The number of aryl methyl sites for hydroxylation is 1. The number of hydrogen-bond acceptors (Lipinski definition) is 5. The van der Waals surface area contributed by atoms with Crippen molar-refractivity contribution in [2.45, 2.75) is 20.1 Å². The second-order valence-corrected chi connectivity index (χ2v) is 7.85. The van der Waals surface area contributed by atoms with E-state index in [9.17, 15) is 13.6 Å². The van der Waals surface area contributed by atoms with E-state index in [-0.39, 0.29) is 18.1 Å². The number of carbonyl (C=O) groups excluding carboxylic acids is 1. The van der Waals surface area contributed by atoms with E-state index in [0.29, 0.717) is 23.6 Å². The first kappa shape index (κ1) is 21.7. The lowest BCUT2D eigenvalue weighted by atomic mass is 10.1. The first-order valence-corrected chi connectivity index (χ1v) is 10.3. The summed E-state index contributed by atoms with van der Waals surface area (Å²) in [5, 5.41) is 10.8. The molecule has 32 heavy (non-hydrogen) atoms. The molecule has 0 aliphatic rings. The quantitative estimate of drug-likeness (QED) is 0.380. The Balaban J connectivity index is 1.42. The minimum absolute atomic E-state index is 0.0236. The van der Waals surface area contributed by atoms with Crippen molar-refractivity contribution < 1.29 is 22.8 Å². The Morgan fingerprint density at radius 2 is 2.00 bits per heavy atom. The molecule has 2 aromatic heterocycles. The molecule has 1 N–H and O–H groups in total. The summed E-state index contributed by atoms with van der Waals surface area (Å²) in [7, 11) is 0. The number of amides is 1. The van der Waals surface area contributed by atoms with E-state index in [1.165, 1.54) is 6.07 Å². The van der Waals surface area contributed by atoms with Crippen molar-refractivity contribution in [3.63, 3.8) is 0 Å². The normalized spacial score (nSPS) is 10.9. The molecule has 0 saturated heterocycles. The first-order valence-electron chi connectivity index (χ1n) is 9.50. The monoisotopic (exact) mass is 502 g/mol. The van der Waals surface area contributed by atoms with Crippen molar-refractivity contribution >= 4 is 27.5 Å². The second kappa shape index (κ2) is 9.31. The van der Waals surface area contributed by atoms with Gasteiger partial charge in [0.25, 0.3) is 5.91 Å². The van der Waals surface area contributed by atoms with E-state index < -0.39 is 17.5 Å². The summed E-state index contributed by atoms with van der Waals surface area (Å²) in [6.07, 6.45) is 3.57. The zero-order valence-corrected chi connectivity index (χ0v) is 18.4. The summed E-state index contributed by atoms with van der Waals surface area (Å²) in [5.41, 5.74) is 1.96. The smallest absolute Gasteiger partial charge is 0.278 e. The second-order valence-electron chi connectivity index (χ2n) is 6.94. The topological polar surface area (TPSA) is 82.2 Å². The lowest BCUT2D eigenvalue weighted by molar-refractivity contribution is 0.101. The highest BCUT2D eigenvalue weighted by molar-refractivity contribution is 9.10. The third-order valence-electron chi connectivity index (χ3n) is 4.62. The zero-order valence-electron chi connectivity index (χ0n) is 16.8. The number of nitrogens with zero attached hydrogens (tertiary/aromatic N) is 3. The fraction of sp³-hybridized carbons (Fsp3) is 0.136. The minimum atomic E-state index is -0.840. The van der Waals surface area contributed by atoms with Crippen molar-refractivity contribution in [3.8, 4) is 5.75 Å². The van der Waals surface area contributed by atoms with Gasteiger partial charge in [-0.2, -0.15) is 5.10 Å². The Labute approximate surface area is 190 Å². The average Bonchev–Trinajstić information content (AvgIpc) is 3.34. The van der Waals surface area contributed by atoms with Crippen LogP contribution in [-0.2, 0) is 13.2 Å². The van der Waals surface area contributed by atoms with E-state index in [1.807, 2.05) is 18.3 Å². The van der Waals surface area contributed by atoms with Crippen LogP contribution in [0.2, 0.25) is 0 Å². The van der Waals surface area contributed by atoms with Gasteiger partial charge in [-0.3, -0.25) is 9.48 Å². The maximum Gasteiger partial charge on any atom is 0.278 e. The van der Waals surface area contributed by atoms with Crippen molar-refractivity contribution in [2.24, 2.45) is 0 Å². The van der Waals surface area contributed by atoms with Crippen LogP contribution in [-0.4, -0.2) is 20.8 Å². The van der Waals surface area contributed by atoms with Crippen LogP contribution < -0.4 is 10.1 Å². The Morgan fingerprint density at radius 3 is 2.69 bits per heavy atom. The highest BCUT2D eigenvalue weighted by atomic mass is 79.9. The van der Waals surface area contributed by atoms with Crippen LogP contribution in [0.3, 0.4) is 0 Å². The Kier molecular flexibility index (Phi) is 6.31. The molecule has 0 aliphatic heterocycles. The van der Waals surface area contributed by atoms with Crippen LogP contribution in [0.5, 0.6) is 5.75 Å². The van der Waals surface area contributed by atoms with Gasteiger partial charge in [-0.25, -0.2) is 8.78 Å². The molecule has 0 atom stereocenters. The summed E-state index contributed by atoms with van der Waals surface area (Å²) in [4.78, 5) is 12.7. The number of aromatic nitrogens is 3. The predicted octanol–water partition coefficient (Wildman–Crippen LogP) is 5.10. The van der Waals surface area contributed by atoms with E-state index in [4.69, 9.17) is 9.26 Å². The van der Waals surface area contributed by atoms with E-state index >= 15 is 0 Å². The number of rotatable bonds is 7. The van der Waals surface area contributed by atoms with Gasteiger partial charge in [-0.15, -0.1) is 0 Å². The molecule has 0 unspecified atom stereocenters. The number of benzene rings is 2. The largest absolute Gasteiger partial charge is 0.486 e. The summed E-state index contributed by atoms with van der Waals surface area (Å²) in [5.74, 6) is -1.83. The third kappa shape index (κ3) is 5.02. The number of halogens is 3. The van der Waals surface area contributed by atoms with Crippen LogP contribution in [0.4, 0.5) is 14.5 Å². The van der Waals surface area contributed by atoms with Gasteiger partial charge in [0.15, 0.2) is 17.3 Å². The minimum Gasteiger partial charge on any atom is -0.486 e. The molecule has 0 spiro atoms. The molecule has 2 aromatic carbocycles. The molecule has 1 amide bonds. The van der Waals surface area contributed by atoms with Crippen molar-refractivity contribution in [1.82, 2.24) is 14.9 Å². The first-order chi connectivity index (χ1) is 15.4. The Morgan fingerprint density at radius 1 is 1.22 bits per heavy atom. The van der Waals surface area contributed by atoms with Crippen molar-refractivity contribution in [3.05, 3.63) is 93.5 Å². The van der Waals surface area contributed by atoms with E-state index in [0.717, 1.165) is 22.2 Å². The molecular weight excluding hydrogens is 486 g/mol. The van der Waals surface area contributed by atoms with Gasteiger partial charge in [-0.05, 0) is 52.7 Å². The standard InChI is InChI=1S/C22H17BrF2N4O3/c1-13-18(12-31-20-7-4-16(24)8-19(20)25)21(28-32-13)22(30)27-17-5-2-14(3-6-17)10-29-11-15(23)9-26-29/h2-9,11H,10,12H2,1H3,(H,27,30). The van der Waals surface area contributed by atoms with Crippen LogP contribution in [0.25, 0.3) is 0 Å². The van der Waals surface area contributed by atoms with Crippen LogP contribution in [0, 0.1) is 18.6 Å². The molecule has 0 saturated carbocycles. The van der Waals surface area contributed by atoms with Crippen LogP contribution >= 0.6 is 15.9 Å². The number of carbonyl (C=O) groups is 1. The molecule has 0 aliphatic carbocycles. The van der Waals surface area contributed by atoms with Gasteiger partial charge < -0.3 is 14.6 Å². The van der Waals surface area contributed by atoms with Crippen LogP contribution in [0.15, 0.2) is 63.9 Å². The summed E-state index contributed by atoms with van der Waals surface area (Å²) >= 11 is 3.36. The highest BCUT2D eigenvalue weighted by Gasteiger charge is 2.21. The number of nitrogens with one attached hydrogen (secondary N) is 1. The zero-order chi connectivity index (χ0) is 22.7. The van der Waals surface area contributed by atoms with Gasteiger partial charge in [0, 0.05) is 18.0 Å². The van der Waals surface area contributed by atoms with E-state index in [2.05, 4.69) is 31.5 Å². The molecule has 0 fully saturated rings. The van der Waals surface area contributed by atoms with Crippen molar-refractivity contribution in [1.29, 1.82) is 0 Å². The van der Waals surface area contributed by atoms with Gasteiger partial charge in [0.2, 0.25) is 0 Å². The van der Waals surface area contributed by atoms with Gasteiger partial charge in [0.1, 0.15) is 18.2 Å². The van der Waals surface area contributed by atoms with Gasteiger partial charge >= 0.3 is 0 Å². The Bertz CT molecular complexity index is 1250. The van der Waals surface area contributed by atoms with Crippen LogP contribution in [0.1, 0.15) is 27.4 Å². The average molecular weight is 503 g/mol. The maximum atomic E-state index is 13.8. The van der Waals surface area contributed by atoms with Gasteiger partial charge in [0.05, 0.1) is 22.8 Å². The fourth-order valence-electron chi connectivity index (χ4n) is 2.98. The Hall–Kier alpha value is -3.53. The molecular formula is C22H17BrF2N4O3. The van der Waals surface area contributed by atoms with Gasteiger partial charge in [-0.1, -0.05) is 17.3 Å². The number of anilines is 1. The fourth-order valence-corrected chi connectivity index (χ4v) is 3.31. The molecule has 0 bridgehead atoms. The number of hydrogen-bond donors (Lipinski definition) is 1. The summed E-state index contributed by atoms with van der Waals surface area (Å²) < 4.78 is 40.1. The van der Waals surface area contributed by atoms with Crippen molar-refractivity contribution in [2.75, 3.05) is 5.32 Å². The SMILES string of the molecule is Cc1onc(C(=O)Nc2ccc(Cn3cc(Br)cn3)cc2)c1COc1ccc(F)cc1F. The molecule has 0 radical (unpaired) electrons. The molecule has 10 heteroatoms. The molecule has 7 nitrogen and oxygen atoms in total. The van der Waals surface area contributed by atoms with E-state index in [1.54, 1.807) is 29.9 Å². The maximum absolute atomic E-state index is 13.8. The molecule has 2 heterocycles. The molecule has 4 aromatic rings. The lowest BCUT2D eigenvalue weighted by Crippen LogP contribution is -2.15. The third-order valence-corrected chi connectivity index (χ3v) is 5.03. The lowest BCUT2D eigenvalue weighted by Gasteiger charge is -2.09. The highest BCUT2D eigenvalue weighted by Crippen LogP contribution is 2.22. The predicted molar refractivity (Wildman–Crippen MR) is 115 cm³/mol. The molecule has 164 valence electrons. The summed E-state index contributed by atoms with van der Waals surface area (Å²) in [6, 6.07) is 10.3.